The molecule has 4 atom stereocenters. The molecular weight excluding hydrogens is 588 g/mol. The van der Waals surface area contributed by atoms with Gasteiger partial charge in [0.25, 0.3) is 0 Å². The molecule has 0 amide bonds. The second kappa shape index (κ2) is 21.2. The van der Waals surface area contributed by atoms with Gasteiger partial charge in [-0.3, -0.25) is 9.59 Å². The van der Waals surface area contributed by atoms with Crippen LogP contribution in [0.4, 0.5) is 0 Å². The highest BCUT2D eigenvalue weighted by Gasteiger charge is 2.60. The Balaban J connectivity index is 2.14. The van der Waals surface area contributed by atoms with Crippen molar-refractivity contribution in [2.75, 3.05) is 26.4 Å². The lowest BCUT2D eigenvalue weighted by Gasteiger charge is -2.62. The van der Waals surface area contributed by atoms with Gasteiger partial charge in [0.2, 0.25) is 0 Å². The minimum Gasteiger partial charge on any atom is -0.465 e. The fourth-order valence-corrected chi connectivity index (χ4v) is 9.96. The predicted octanol–water partition coefficient (Wildman–Crippen LogP) is 10.4. The zero-order valence-electron chi connectivity index (χ0n) is 31.8. The summed E-state index contributed by atoms with van der Waals surface area (Å²) in [5.41, 5.74) is -1.44. The number of unbranched alkanes of at least 4 members (excludes halogenated alkanes) is 8. The van der Waals surface area contributed by atoms with Crippen LogP contribution in [0.3, 0.4) is 0 Å². The zero-order valence-corrected chi connectivity index (χ0v) is 31.8. The smallest absolute Gasteiger partial charge is 0.306 e. The van der Waals surface area contributed by atoms with E-state index in [1.165, 1.54) is 64.2 Å². The van der Waals surface area contributed by atoms with Crippen LogP contribution in [0.5, 0.6) is 0 Å². The maximum absolute atomic E-state index is 13.4. The van der Waals surface area contributed by atoms with E-state index in [0.29, 0.717) is 37.9 Å². The lowest BCUT2D eigenvalue weighted by Crippen LogP contribution is -2.57. The number of aliphatic hydroxyl groups excluding tert-OH is 2. The van der Waals surface area contributed by atoms with Crippen LogP contribution in [-0.2, 0) is 19.1 Å². The van der Waals surface area contributed by atoms with E-state index in [0.717, 1.165) is 70.6 Å². The quantitative estimate of drug-likeness (QED) is 0.0706. The molecule has 2 aliphatic carbocycles. The van der Waals surface area contributed by atoms with Crippen LogP contribution < -0.4 is 0 Å². The van der Waals surface area contributed by atoms with Crippen molar-refractivity contribution in [1.29, 1.82) is 0 Å². The van der Waals surface area contributed by atoms with E-state index in [1.54, 1.807) is 0 Å². The topological polar surface area (TPSA) is 93.1 Å². The van der Waals surface area contributed by atoms with E-state index in [-0.39, 0.29) is 41.4 Å². The van der Waals surface area contributed by atoms with Crippen LogP contribution in [0.2, 0.25) is 0 Å². The first-order valence-corrected chi connectivity index (χ1v) is 20.0. The lowest BCUT2D eigenvalue weighted by atomic mass is 9.44. The van der Waals surface area contributed by atoms with Crippen LogP contribution in [-0.4, -0.2) is 48.6 Å². The summed E-state index contributed by atoms with van der Waals surface area (Å²) in [7, 11) is 0. The Kier molecular flexibility index (Phi) is 18.9. The van der Waals surface area contributed by atoms with Crippen LogP contribution in [0.15, 0.2) is 0 Å². The lowest BCUT2D eigenvalue weighted by molar-refractivity contribution is -0.187. The van der Waals surface area contributed by atoms with Crippen molar-refractivity contribution in [3.05, 3.63) is 0 Å². The molecule has 47 heavy (non-hydrogen) atoms. The monoisotopic (exact) mass is 665 g/mol. The Morgan fingerprint density at radius 2 is 0.915 bits per heavy atom. The molecule has 0 saturated heterocycles. The van der Waals surface area contributed by atoms with Gasteiger partial charge in [-0.2, -0.15) is 0 Å². The van der Waals surface area contributed by atoms with Gasteiger partial charge < -0.3 is 19.7 Å². The standard InChI is InChI=1S/C41H76O6/c1-7-11-15-19-34(20-16-12-8-2)23-36(44)46-32-39(6)27-40(31-43)25-38(5,30-42)26-41(28-39,29-40)33-47-37(45)24-35(21-17-13-9-3)22-18-14-10-4/h34-35,42-43H,7-33H2,1-6H3. The molecule has 6 nitrogen and oxygen atoms in total. The van der Waals surface area contributed by atoms with Gasteiger partial charge in [0, 0.05) is 36.9 Å². The third kappa shape index (κ3) is 14.7. The molecule has 2 fully saturated rings. The maximum Gasteiger partial charge on any atom is 0.306 e. The molecule has 0 aromatic heterocycles. The number of carbonyl (C=O) groups is 2. The molecule has 4 unspecified atom stereocenters. The highest BCUT2D eigenvalue weighted by molar-refractivity contribution is 5.70. The van der Waals surface area contributed by atoms with E-state index >= 15 is 0 Å². The van der Waals surface area contributed by atoms with E-state index in [9.17, 15) is 19.8 Å². The number of ether oxygens (including phenoxy) is 2. The first-order chi connectivity index (χ1) is 22.4. The third-order valence-electron chi connectivity index (χ3n) is 11.6. The summed E-state index contributed by atoms with van der Waals surface area (Å²) in [6.45, 7) is 13.9. The highest BCUT2D eigenvalue weighted by atomic mass is 16.5. The maximum atomic E-state index is 13.4. The van der Waals surface area contributed by atoms with Crippen LogP contribution >= 0.6 is 0 Å². The minimum absolute atomic E-state index is 0.0235. The Labute approximate surface area is 289 Å². The number of aliphatic hydroxyl groups is 2. The van der Waals surface area contributed by atoms with E-state index < -0.39 is 5.41 Å². The number of fused-ring (bicyclic) bond motifs is 2. The summed E-state index contributed by atoms with van der Waals surface area (Å²) >= 11 is 0. The van der Waals surface area contributed by atoms with E-state index in [2.05, 4.69) is 41.5 Å². The molecule has 2 aliphatic rings. The summed E-state index contributed by atoms with van der Waals surface area (Å²) in [4.78, 5) is 26.6. The van der Waals surface area contributed by atoms with E-state index in [4.69, 9.17) is 9.47 Å². The van der Waals surface area contributed by atoms with Crippen molar-refractivity contribution in [3.8, 4) is 0 Å². The van der Waals surface area contributed by atoms with Gasteiger partial charge in [-0.15, -0.1) is 0 Å². The third-order valence-corrected chi connectivity index (χ3v) is 11.6. The fraction of sp³-hybridized carbons (Fsp3) is 0.951. The van der Waals surface area contributed by atoms with Crippen molar-refractivity contribution in [2.24, 2.45) is 33.5 Å². The Hall–Kier alpha value is -1.14. The second-order valence-corrected chi connectivity index (χ2v) is 17.3. The molecule has 276 valence electrons. The summed E-state index contributed by atoms with van der Waals surface area (Å²) in [6.07, 6.45) is 23.2. The SMILES string of the molecule is CCCCCC(CCCCC)CC(=O)OCC1(C)CC2(CO)CC(C)(CO)CC(COC(=O)CC(CCCCC)CCCCC)(C1)C2. The normalized spacial score (nSPS) is 27.4. The van der Waals surface area contributed by atoms with Crippen molar-refractivity contribution >= 4 is 11.9 Å². The Bertz CT molecular complexity index is 863. The molecule has 2 N–H and O–H groups in total. The van der Waals surface area contributed by atoms with Crippen LogP contribution in [0.25, 0.3) is 0 Å². The molecule has 2 rings (SSSR count). The summed E-state index contributed by atoms with van der Waals surface area (Å²) in [5, 5.41) is 21.4. The van der Waals surface area contributed by atoms with Crippen LogP contribution in [0, 0.1) is 33.5 Å². The highest BCUT2D eigenvalue weighted by Crippen LogP contribution is 2.65. The first-order valence-electron chi connectivity index (χ1n) is 20.0. The molecule has 0 heterocycles. The van der Waals surface area contributed by atoms with Crippen molar-refractivity contribution < 1.29 is 29.3 Å². The van der Waals surface area contributed by atoms with Crippen molar-refractivity contribution in [1.82, 2.24) is 0 Å². The van der Waals surface area contributed by atoms with Crippen molar-refractivity contribution in [2.45, 2.75) is 189 Å². The van der Waals surface area contributed by atoms with Gasteiger partial charge in [0.15, 0.2) is 0 Å². The average molecular weight is 665 g/mol. The average Bonchev–Trinajstić information content (AvgIpc) is 3.02. The molecule has 0 radical (unpaired) electrons. The number of hydrogen-bond donors (Lipinski definition) is 2. The molecule has 2 bridgehead atoms. The summed E-state index contributed by atoms with van der Waals surface area (Å²) in [6, 6.07) is 0. The summed E-state index contributed by atoms with van der Waals surface area (Å²) < 4.78 is 12.3. The minimum atomic E-state index is -0.396. The second-order valence-electron chi connectivity index (χ2n) is 17.3. The molecule has 2 saturated carbocycles. The number of rotatable bonds is 26. The Morgan fingerprint density at radius 3 is 1.32 bits per heavy atom. The van der Waals surface area contributed by atoms with Gasteiger partial charge in [-0.25, -0.2) is 0 Å². The van der Waals surface area contributed by atoms with E-state index in [1.807, 2.05) is 0 Å². The fourth-order valence-electron chi connectivity index (χ4n) is 9.96. The molecule has 0 aliphatic heterocycles. The Morgan fingerprint density at radius 1 is 0.532 bits per heavy atom. The number of esters is 2. The first kappa shape index (κ1) is 42.0. The van der Waals surface area contributed by atoms with Gasteiger partial charge in [0.05, 0.1) is 13.2 Å². The molecular formula is C41H76O6. The molecule has 6 heteroatoms. The van der Waals surface area contributed by atoms with Gasteiger partial charge in [-0.05, 0) is 80.5 Å². The number of hydrogen-bond acceptors (Lipinski definition) is 6. The molecule has 0 aromatic carbocycles. The summed E-state index contributed by atoms with van der Waals surface area (Å²) in [5.74, 6) is 0.536. The zero-order chi connectivity index (χ0) is 34.8. The predicted molar refractivity (Wildman–Crippen MR) is 193 cm³/mol. The van der Waals surface area contributed by atoms with Crippen LogP contribution in [0.1, 0.15) is 189 Å². The number of carbonyl (C=O) groups excluding carboxylic acids is 2. The van der Waals surface area contributed by atoms with Crippen molar-refractivity contribution in [3.63, 3.8) is 0 Å². The molecule has 0 aromatic rings. The van der Waals surface area contributed by atoms with Gasteiger partial charge in [0.1, 0.15) is 0 Å². The van der Waals surface area contributed by atoms with Gasteiger partial charge >= 0.3 is 11.9 Å². The molecule has 0 spiro atoms. The largest absolute Gasteiger partial charge is 0.465 e. The van der Waals surface area contributed by atoms with Gasteiger partial charge in [-0.1, -0.05) is 119 Å².